The van der Waals surface area contributed by atoms with Gasteiger partial charge in [0.15, 0.2) is 0 Å². The topological polar surface area (TPSA) is 91.2 Å². The number of hydrogen-bond acceptors (Lipinski definition) is 6. The zero-order valence-corrected chi connectivity index (χ0v) is 12.6. The maximum absolute atomic E-state index is 13.7. The third-order valence-electron chi connectivity index (χ3n) is 3.30. The lowest BCUT2D eigenvalue weighted by atomic mass is 10.1. The zero-order chi connectivity index (χ0) is 16.9. The number of halogens is 1. The number of carbonyl (C=O) groups excluding carboxylic acids is 1. The van der Waals surface area contributed by atoms with Crippen molar-refractivity contribution in [2.75, 3.05) is 6.54 Å². The summed E-state index contributed by atoms with van der Waals surface area (Å²) in [4.78, 5) is 11.0. The highest BCUT2D eigenvalue weighted by Crippen LogP contribution is 2.25. The van der Waals surface area contributed by atoms with Gasteiger partial charge in [-0.05, 0) is 29.8 Å². The monoisotopic (exact) mass is 327 g/mol. The van der Waals surface area contributed by atoms with E-state index in [9.17, 15) is 9.18 Å². The van der Waals surface area contributed by atoms with Gasteiger partial charge in [-0.15, -0.1) is 10.2 Å². The van der Waals surface area contributed by atoms with Gasteiger partial charge in [0.1, 0.15) is 12.4 Å². The van der Waals surface area contributed by atoms with Crippen molar-refractivity contribution in [2.45, 2.75) is 6.61 Å². The van der Waals surface area contributed by atoms with Gasteiger partial charge >= 0.3 is 5.97 Å². The minimum atomic E-state index is -0.467. The molecule has 0 fully saturated rings. The Bertz CT molecular complexity index is 846. The summed E-state index contributed by atoms with van der Waals surface area (Å²) < 4.78 is 24.2. The summed E-state index contributed by atoms with van der Waals surface area (Å²) in [6.07, 6.45) is 0. The molecule has 3 rings (SSSR count). The van der Waals surface area contributed by atoms with E-state index in [1.165, 1.54) is 6.07 Å². The minimum Gasteiger partial charge on any atom is -0.460 e. The van der Waals surface area contributed by atoms with Crippen LogP contribution in [-0.2, 0) is 16.1 Å². The molecule has 0 amide bonds. The summed E-state index contributed by atoms with van der Waals surface area (Å²) in [6, 6.07) is 13.2. The second kappa shape index (κ2) is 7.01. The smallest absolute Gasteiger partial charge is 0.320 e. The molecule has 0 aliphatic heterocycles. The van der Waals surface area contributed by atoms with E-state index in [4.69, 9.17) is 14.9 Å². The largest absolute Gasteiger partial charge is 0.460 e. The first kappa shape index (κ1) is 15.8. The molecular formula is C17H14FN3O3. The highest BCUT2D eigenvalue weighted by Gasteiger charge is 2.13. The molecule has 0 saturated carbocycles. The van der Waals surface area contributed by atoms with Crippen molar-refractivity contribution in [2.24, 2.45) is 5.73 Å². The molecule has 122 valence electrons. The van der Waals surface area contributed by atoms with Crippen LogP contribution >= 0.6 is 0 Å². The van der Waals surface area contributed by atoms with E-state index in [0.717, 1.165) is 5.56 Å². The molecule has 0 unspecified atom stereocenters. The van der Waals surface area contributed by atoms with Crippen molar-refractivity contribution < 1.29 is 18.3 Å². The van der Waals surface area contributed by atoms with Gasteiger partial charge in [-0.3, -0.25) is 4.79 Å². The molecule has 7 heteroatoms. The number of nitrogens with two attached hydrogens (primary N) is 1. The molecule has 24 heavy (non-hydrogen) atoms. The number of esters is 1. The Hall–Kier alpha value is -3.06. The molecule has 0 saturated heterocycles. The standard InChI is InChI=1S/C17H14FN3O3/c18-14-4-2-1-3-13(14)17-21-20-16(24-17)12-7-5-11(6-8-12)10-23-15(22)9-19/h1-8H,9-10,19H2. The fraction of sp³-hybridized carbons (Fsp3) is 0.118. The lowest BCUT2D eigenvalue weighted by Gasteiger charge is -2.03. The van der Waals surface area contributed by atoms with E-state index in [1.807, 2.05) is 0 Å². The summed E-state index contributed by atoms with van der Waals surface area (Å²) in [6.45, 7) is -0.0144. The number of benzene rings is 2. The van der Waals surface area contributed by atoms with Gasteiger partial charge in [-0.25, -0.2) is 4.39 Å². The summed E-state index contributed by atoms with van der Waals surface area (Å²) in [5, 5.41) is 7.81. The Kier molecular flexibility index (Phi) is 4.62. The molecular weight excluding hydrogens is 313 g/mol. The molecule has 2 aromatic carbocycles. The maximum atomic E-state index is 13.7. The fourth-order valence-corrected chi connectivity index (χ4v) is 2.05. The number of ether oxygens (including phenoxy) is 1. The lowest BCUT2D eigenvalue weighted by molar-refractivity contribution is -0.143. The molecule has 0 aliphatic rings. The molecule has 0 radical (unpaired) electrons. The average Bonchev–Trinajstić information content (AvgIpc) is 3.10. The van der Waals surface area contributed by atoms with E-state index in [1.54, 1.807) is 42.5 Å². The van der Waals surface area contributed by atoms with E-state index in [0.29, 0.717) is 5.56 Å². The van der Waals surface area contributed by atoms with Gasteiger partial charge in [0, 0.05) is 5.56 Å². The first-order chi connectivity index (χ1) is 11.7. The molecule has 6 nitrogen and oxygen atoms in total. The van der Waals surface area contributed by atoms with Crippen LogP contribution in [0.4, 0.5) is 4.39 Å². The van der Waals surface area contributed by atoms with Crippen LogP contribution in [0, 0.1) is 5.82 Å². The predicted molar refractivity (Wildman–Crippen MR) is 84.0 cm³/mol. The summed E-state index contributed by atoms with van der Waals surface area (Å²) in [7, 11) is 0. The first-order valence-electron chi connectivity index (χ1n) is 7.21. The summed E-state index contributed by atoms with van der Waals surface area (Å²) >= 11 is 0. The molecule has 0 spiro atoms. The molecule has 3 aromatic rings. The highest BCUT2D eigenvalue weighted by atomic mass is 19.1. The van der Waals surface area contributed by atoms with Crippen LogP contribution in [0.15, 0.2) is 52.9 Å². The van der Waals surface area contributed by atoms with E-state index in [2.05, 4.69) is 10.2 Å². The van der Waals surface area contributed by atoms with Crippen LogP contribution in [0.3, 0.4) is 0 Å². The van der Waals surface area contributed by atoms with Crippen LogP contribution < -0.4 is 5.73 Å². The minimum absolute atomic E-state index is 0.115. The predicted octanol–water partition coefficient (Wildman–Crippen LogP) is 2.54. The molecule has 1 heterocycles. The SMILES string of the molecule is NCC(=O)OCc1ccc(-c2nnc(-c3ccccc3F)o2)cc1. The van der Waals surface area contributed by atoms with Crippen molar-refractivity contribution in [3.8, 4) is 22.9 Å². The number of rotatable bonds is 5. The molecule has 0 atom stereocenters. The lowest BCUT2D eigenvalue weighted by Crippen LogP contribution is -2.16. The van der Waals surface area contributed by atoms with Crippen molar-refractivity contribution in [1.29, 1.82) is 0 Å². The Morgan fingerprint density at radius 3 is 2.50 bits per heavy atom. The van der Waals surface area contributed by atoms with Crippen molar-refractivity contribution in [3.63, 3.8) is 0 Å². The Labute approximate surface area is 137 Å². The molecule has 2 N–H and O–H groups in total. The van der Waals surface area contributed by atoms with Crippen LogP contribution in [0.25, 0.3) is 22.9 Å². The number of nitrogens with zero attached hydrogens (tertiary/aromatic N) is 2. The van der Waals surface area contributed by atoms with Gasteiger partial charge in [0.2, 0.25) is 5.89 Å². The second-order valence-corrected chi connectivity index (χ2v) is 4.95. The quantitative estimate of drug-likeness (QED) is 0.724. The van der Waals surface area contributed by atoms with Crippen molar-refractivity contribution in [1.82, 2.24) is 10.2 Å². The average molecular weight is 327 g/mol. The highest BCUT2D eigenvalue weighted by molar-refractivity contribution is 5.71. The Morgan fingerprint density at radius 1 is 1.08 bits per heavy atom. The third kappa shape index (κ3) is 3.47. The number of hydrogen-bond donors (Lipinski definition) is 1. The second-order valence-electron chi connectivity index (χ2n) is 4.95. The van der Waals surface area contributed by atoms with Gasteiger partial charge in [-0.1, -0.05) is 24.3 Å². The zero-order valence-electron chi connectivity index (χ0n) is 12.6. The molecule has 0 aliphatic carbocycles. The molecule has 0 bridgehead atoms. The van der Waals surface area contributed by atoms with Crippen LogP contribution in [-0.4, -0.2) is 22.7 Å². The van der Waals surface area contributed by atoms with E-state index < -0.39 is 11.8 Å². The van der Waals surface area contributed by atoms with Gasteiger partial charge in [0.25, 0.3) is 5.89 Å². The maximum Gasteiger partial charge on any atom is 0.320 e. The Morgan fingerprint density at radius 2 is 1.79 bits per heavy atom. The number of aromatic nitrogens is 2. The summed E-state index contributed by atoms with van der Waals surface area (Å²) in [5.41, 5.74) is 6.90. The third-order valence-corrected chi connectivity index (χ3v) is 3.30. The number of carbonyl (C=O) groups is 1. The van der Waals surface area contributed by atoms with E-state index in [-0.39, 0.29) is 30.5 Å². The first-order valence-corrected chi connectivity index (χ1v) is 7.21. The van der Waals surface area contributed by atoms with Crippen LogP contribution in [0.2, 0.25) is 0 Å². The van der Waals surface area contributed by atoms with Crippen molar-refractivity contribution in [3.05, 3.63) is 59.9 Å². The summed E-state index contributed by atoms with van der Waals surface area (Å²) in [5.74, 6) is -0.502. The molecule has 1 aromatic heterocycles. The van der Waals surface area contributed by atoms with Gasteiger partial charge in [-0.2, -0.15) is 0 Å². The normalized spacial score (nSPS) is 10.6. The van der Waals surface area contributed by atoms with Crippen LogP contribution in [0.1, 0.15) is 5.56 Å². The van der Waals surface area contributed by atoms with Crippen LogP contribution in [0.5, 0.6) is 0 Å². The van der Waals surface area contributed by atoms with E-state index >= 15 is 0 Å². The van der Waals surface area contributed by atoms with Crippen molar-refractivity contribution >= 4 is 5.97 Å². The van der Waals surface area contributed by atoms with Gasteiger partial charge < -0.3 is 14.9 Å². The fourth-order valence-electron chi connectivity index (χ4n) is 2.05. The van der Waals surface area contributed by atoms with Gasteiger partial charge in [0.05, 0.1) is 12.1 Å². The Balaban J connectivity index is 1.76.